The maximum Gasteiger partial charge on any atom is 0.354 e. The Labute approximate surface area is 69.5 Å². The van der Waals surface area contributed by atoms with Crippen molar-refractivity contribution >= 4 is 5.97 Å². The van der Waals surface area contributed by atoms with E-state index in [4.69, 9.17) is 10.2 Å². The molecule has 0 saturated carbocycles. The van der Waals surface area contributed by atoms with Gasteiger partial charge in [0.1, 0.15) is 11.4 Å². The molecule has 0 aliphatic carbocycles. The quantitative estimate of drug-likeness (QED) is 0.690. The predicted molar refractivity (Wildman–Crippen MR) is 42.2 cm³/mol. The molecule has 1 rings (SSSR count). The van der Waals surface area contributed by atoms with Crippen LogP contribution >= 0.6 is 0 Å². The molecule has 64 valence electrons. The fourth-order valence-corrected chi connectivity index (χ4v) is 0.873. The van der Waals surface area contributed by atoms with E-state index in [0.717, 1.165) is 0 Å². The van der Waals surface area contributed by atoms with Gasteiger partial charge >= 0.3 is 5.97 Å². The van der Waals surface area contributed by atoms with Crippen LogP contribution in [-0.2, 0) is 6.42 Å². The monoisotopic (exact) mass is 167 g/mol. The minimum Gasteiger partial charge on any atom is -0.506 e. The maximum atomic E-state index is 10.4. The zero-order valence-electron chi connectivity index (χ0n) is 6.61. The summed E-state index contributed by atoms with van der Waals surface area (Å²) in [6.07, 6.45) is 0.521. The molecule has 0 aliphatic heterocycles. The first kappa shape index (κ1) is 8.52. The molecule has 0 aliphatic rings. The lowest BCUT2D eigenvalue weighted by molar-refractivity contribution is 0.0690. The van der Waals surface area contributed by atoms with Crippen LogP contribution in [-0.4, -0.2) is 21.2 Å². The summed E-state index contributed by atoms with van der Waals surface area (Å²) in [6, 6.07) is 2.62. The van der Waals surface area contributed by atoms with Crippen molar-refractivity contribution in [2.75, 3.05) is 0 Å². The third kappa shape index (κ3) is 1.53. The van der Waals surface area contributed by atoms with Crippen LogP contribution in [0.3, 0.4) is 0 Å². The van der Waals surface area contributed by atoms with Crippen LogP contribution in [0.2, 0.25) is 0 Å². The fraction of sp³-hybridized carbons (Fsp3) is 0.250. The van der Waals surface area contributed by atoms with Gasteiger partial charge < -0.3 is 10.2 Å². The number of hydrogen-bond donors (Lipinski definition) is 2. The predicted octanol–water partition coefficient (Wildman–Crippen LogP) is 1.05. The Morgan fingerprint density at radius 2 is 2.25 bits per heavy atom. The summed E-state index contributed by atoms with van der Waals surface area (Å²) in [6.45, 7) is 1.80. The second-order valence-corrected chi connectivity index (χ2v) is 2.32. The lowest BCUT2D eigenvalue weighted by atomic mass is 10.2. The standard InChI is InChI=1S/C8H9NO3/c1-2-5-7(10)4-3-6(9-5)8(11)12/h3-4,10H,2H2,1H3,(H,11,12). The van der Waals surface area contributed by atoms with Gasteiger partial charge in [-0.25, -0.2) is 9.78 Å². The number of rotatable bonds is 2. The topological polar surface area (TPSA) is 70.4 Å². The van der Waals surface area contributed by atoms with Crippen molar-refractivity contribution in [1.82, 2.24) is 4.98 Å². The summed E-state index contributed by atoms with van der Waals surface area (Å²) in [5.41, 5.74) is 0.375. The van der Waals surface area contributed by atoms with E-state index in [9.17, 15) is 4.79 Å². The molecule has 0 bridgehead atoms. The van der Waals surface area contributed by atoms with Crippen molar-refractivity contribution in [3.05, 3.63) is 23.5 Å². The molecule has 0 amide bonds. The Balaban J connectivity index is 3.13. The molecule has 1 heterocycles. The Morgan fingerprint density at radius 1 is 1.58 bits per heavy atom. The third-order valence-electron chi connectivity index (χ3n) is 1.50. The number of pyridine rings is 1. The number of nitrogens with zero attached hydrogens (tertiary/aromatic N) is 1. The van der Waals surface area contributed by atoms with Crippen LogP contribution in [0, 0.1) is 0 Å². The zero-order valence-corrected chi connectivity index (χ0v) is 6.61. The average molecular weight is 167 g/mol. The number of hydrogen-bond acceptors (Lipinski definition) is 3. The van der Waals surface area contributed by atoms with Crippen LogP contribution in [0.5, 0.6) is 5.75 Å². The molecule has 2 N–H and O–H groups in total. The normalized spacial score (nSPS) is 9.75. The largest absolute Gasteiger partial charge is 0.506 e. The summed E-state index contributed by atoms with van der Waals surface area (Å²) in [5, 5.41) is 17.7. The summed E-state index contributed by atoms with van der Waals surface area (Å²) < 4.78 is 0. The highest BCUT2D eigenvalue weighted by Gasteiger charge is 2.07. The van der Waals surface area contributed by atoms with E-state index in [0.29, 0.717) is 12.1 Å². The van der Waals surface area contributed by atoms with E-state index in [-0.39, 0.29) is 11.4 Å². The molecule has 12 heavy (non-hydrogen) atoms. The Bertz CT molecular complexity index is 309. The van der Waals surface area contributed by atoms with Crippen LogP contribution in [0.1, 0.15) is 23.1 Å². The van der Waals surface area contributed by atoms with Crippen LogP contribution in [0.15, 0.2) is 12.1 Å². The molecular formula is C8H9NO3. The van der Waals surface area contributed by atoms with Gasteiger partial charge in [-0.05, 0) is 18.6 Å². The number of carboxylic acids is 1. The van der Waals surface area contributed by atoms with E-state index >= 15 is 0 Å². The Morgan fingerprint density at radius 3 is 2.75 bits per heavy atom. The maximum absolute atomic E-state index is 10.4. The Kier molecular flexibility index (Phi) is 2.28. The molecule has 1 aromatic rings. The van der Waals surface area contributed by atoms with Gasteiger partial charge in [-0.15, -0.1) is 0 Å². The molecule has 0 radical (unpaired) electrons. The van der Waals surface area contributed by atoms with Gasteiger partial charge in [0, 0.05) is 0 Å². The SMILES string of the molecule is CCc1nc(C(=O)O)ccc1O. The lowest BCUT2D eigenvalue weighted by Gasteiger charge is -2.00. The highest BCUT2D eigenvalue weighted by molar-refractivity contribution is 5.85. The summed E-state index contributed by atoms with van der Waals surface area (Å²) >= 11 is 0. The molecule has 0 fully saturated rings. The number of aromatic nitrogens is 1. The molecule has 4 nitrogen and oxygen atoms in total. The number of aryl methyl sites for hydroxylation is 1. The van der Waals surface area contributed by atoms with Crippen LogP contribution in [0.4, 0.5) is 0 Å². The third-order valence-corrected chi connectivity index (χ3v) is 1.50. The van der Waals surface area contributed by atoms with Crippen LogP contribution in [0.25, 0.3) is 0 Å². The number of carbonyl (C=O) groups is 1. The average Bonchev–Trinajstić information content (AvgIpc) is 2.05. The van der Waals surface area contributed by atoms with Gasteiger partial charge in [0.05, 0.1) is 5.69 Å². The summed E-state index contributed by atoms with van der Waals surface area (Å²) in [4.78, 5) is 14.2. The summed E-state index contributed by atoms with van der Waals surface area (Å²) in [7, 11) is 0. The van der Waals surface area contributed by atoms with Gasteiger partial charge in [0.2, 0.25) is 0 Å². The molecule has 0 unspecified atom stereocenters. The zero-order chi connectivity index (χ0) is 9.14. The molecule has 0 saturated heterocycles. The molecule has 0 atom stereocenters. The van der Waals surface area contributed by atoms with E-state index < -0.39 is 5.97 Å². The highest BCUT2D eigenvalue weighted by atomic mass is 16.4. The number of aromatic carboxylic acids is 1. The minimum atomic E-state index is -1.08. The number of aromatic hydroxyl groups is 1. The molecule has 1 aromatic heterocycles. The first-order valence-electron chi connectivity index (χ1n) is 3.57. The van der Waals surface area contributed by atoms with E-state index in [2.05, 4.69) is 4.98 Å². The Hall–Kier alpha value is -1.58. The van der Waals surface area contributed by atoms with E-state index in [1.807, 2.05) is 0 Å². The van der Waals surface area contributed by atoms with Gasteiger partial charge in [0.15, 0.2) is 0 Å². The molecule has 4 heteroatoms. The van der Waals surface area contributed by atoms with Gasteiger partial charge in [-0.3, -0.25) is 0 Å². The second kappa shape index (κ2) is 3.21. The second-order valence-electron chi connectivity index (χ2n) is 2.32. The van der Waals surface area contributed by atoms with Crippen molar-refractivity contribution in [1.29, 1.82) is 0 Å². The van der Waals surface area contributed by atoms with Crippen molar-refractivity contribution in [3.63, 3.8) is 0 Å². The fourth-order valence-electron chi connectivity index (χ4n) is 0.873. The molecule has 0 spiro atoms. The lowest BCUT2D eigenvalue weighted by Crippen LogP contribution is -2.02. The summed E-state index contributed by atoms with van der Waals surface area (Å²) in [5.74, 6) is -1.04. The van der Waals surface area contributed by atoms with Gasteiger partial charge in [0.25, 0.3) is 0 Å². The first-order valence-corrected chi connectivity index (χ1v) is 3.57. The first-order chi connectivity index (χ1) is 5.65. The van der Waals surface area contributed by atoms with E-state index in [1.54, 1.807) is 6.92 Å². The van der Waals surface area contributed by atoms with Gasteiger partial charge in [-0.1, -0.05) is 6.92 Å². The van der Waals surface area contributed by atoms with Crippen molar-refractivity contribution in [2.24, 2.45) is 0 Å². The molecular weight excluding hydrogens is 158 g/mol. The number of carboxylic acid groups (broad SMARTS) is 1. The van der Waals surface area contributed by atoms with Crippen molar-refractivity contribution in [2.45, 2.75) is 13.3 Å². The molecule has 0 aromatic carbocycles. The smallest absolute Gasteiger partial charge is 0.354 e. The van der Waals surface area contributed by atoms with Crippen LogP contribution < -0.4 is 0 Å². The highest BCUT2D eigenvalue weighted by Crippen LogP contribution is 2.14. The van der Waals surface area contributed by atoms with Crippen molar-refractivity contribution in [3.8, 4) is 5.75 Å². The minimum absolute atomic E-state index is 0.0374. The van der Waals surface area contributed by atoms with E-state index in [1.165, 1.54) is 12.1 Å². The van der Waals surface area contributed by atoms with Crippen molar-refractivity contribution < 1.29 is 15.0 Å². The van der Waals surface area contributed by atoms with Gasteiger partial charge in [-0.2, -0.15) is 0 Å².